The van der Waals surface area contributed by atoms with Crippen LogP contribution >= 0.6 is 0 Å². The molecule has 0 aromatic carbocycles. The molecule has 6 heteroatoms. The summed E-state index contributed by atoms with van der Waals surface area (Å²) in [6, 6.07) is -0.629. The highest BCUT2D eigenvalue weighted by Crippen LogP contribution is 2.16. The van der Waals surface area contributed by atoms with Gasteiger partial charge in [0.15, 0.2) is 0 Å². The molecule has 0 fully saturated rings. The molecule has 0 radical (unpaired) electrons. The van der Waals surface area contributed by atoms with Crippen LogP contribution in [0.25, 0.3) is 0 Å². The van der Waals surface area contributed by atoms with Crippen molar-refractivity contribution >= 4 is 11.9 Å². The van der Waals surface area contributed by atoms with E-state index in [1.807, 2.05) is 6.08 Å². The van der Waals surface area contributed by atoms with Gasteiger partial charge in [-0.25, -0.2) is 0 Å². The molecule has 6 nitrogen and oxygen atoms in total. The van der Waals surface area contributed by atoms with Crippen molar-refractivity contribution < 1.29 is 24.5 Å². The maximum Gasteiger partial charge on any atom is 0.305 e. The molecule has 0 saturated heterocycles. The standard InChI is InChI=1S/C66H123NO5/c1-3-5-7-9-11-13-15-16-17-18-31-34-37-40-44-48-52-56-60-66(71)72-61-57-53-49-45-41-38-35-32-29-27-25-23-21-19-20-22-24-26-28-30-33-36-39-43-47-51-55-59-65(70)67-63(62-68)64(69)58-54-50-46-42-14-12-10-8-6-4-2/h17-20,23,25,54,58,63-64,68-69H,3-16,21-22,24,26-53,55-57,59-62H2,1-2H3,(H,67,70)/b18-17-,20-19-,25-23-,58-54+. The van der Waals surface area contributed by atoms with Gasteiger partial charge in [-0.1, -0.05) is 281 Å². The van der Waals surface area contributed by atoms with Crippen LogP contribution in [0.15, 0.2) is 48.6 Å². The lowest BCUT2D eigenvalue weighted by atomic mass is 10.0. The Morgan fingerprint density at radius 3 is 1.07 bits per heavy atom. The van der Waals surface area contributed by atoms with Crippen LogP contribution in [-0.4, -0.2) is 47.4 Å². The van der Waals surface area contributed by atoms with E-state index in [1.54, 1.807) is 6.08 Å². The number of carbonyl (C=O) groups is 2. The quantitative estimate of drug-likeness (QED) is 0.0320. The molecule has 0 bridgehead atoms. The second kappa shape index (κ2) is 61.4. The maximum atomic E-state index is 12.4. The number of esters is 1. The van der Waals surface area contributed by atoms with Crippen LogP contribution in [0.2, 0.25) is 0 Å². The number of aliphatic hydroxyl groups excluding tert-OH is 2. The lowest BCUT2D eigenvalue weighted by molar-refractivity contribution is -0.143. The van der Waals surface area contributed by atoms with Crippen LogP contribution in [0.1, 0.15) is 335 Å². The summed E-state index contributed by atoms with van der Waals surface area (Å²) in [4.78, 5) is 24.5. The highest BCUT2D eigenvalue weighted by molar-refractivity contribution is 5.76. The summed E-state index contributed by atoms with van der Waals surface area (Å²) in [6.45, 7) is 4.88. The van der Waals surface area contributed by atoms with Crippen molar-refractivity contribution in [3.05, 3.63) is 48.6 Å². The Morgan fingerprint density at radius 2 is 0.694 bits per heavy atom. The average molecular weight is 1010 g/mol. The molecule has 422 valence electrons. The molecule has 0 aromatic rings. The number of aliphatic hydroxyl groups is 2. The van der Waals surface area contributed by atoms with E-state index >= 15 is 0 Å². The summed E-state index contributed by atoms with van der Waals surface area (Å²) in [5, 5.41) is 23.0. The van der Waals surface area contributed by atoms with Gasteiger partial charge in [-0.05, 0) is 89.9 Å². The molecule has 3 N–H and O–H groups in total. The first-order valence-corrected chi connectivity index (χ1v) is 31.9. The van der Waals surface area contributed by atoms with Gasteiger partial charge in [-0.3, -0.25) is 9.59 Å². The van der Waals surface area contributed by atoms with E-state index in [4.69, 9.17) is 4.74 Å². The van der Waals surface area contributed by atoms with Crippen LogP contribution in [0.5, 0.6) is 0 Å². The second-order valence-electron chi connectivity index (χ2n) is 21.7. The predicted octanol–water partition coefficient (Wildman–Crippen LogP) is 20.1. The molecular weight excluding hydrogens is 887 g/mol. The molecular formula is C66H123NO5. The number of hydrogen-bond donors (Lipinski definition) is 3. The Bertz CT molecular complexity index is 1210. The summed E-state index contributed by atoms with van der Waals surface area (Å²) in [7, 11) is 0. The number of ether oxygens (including phenoxy) is 1. The maximum absolute atomic E-state index is 12.4. The minimum Gasteiger partial charge on any atom is -0.466 e. The van der Waals surface area contributed by atoms with E-state index in [9.17, 15) is 19.8 Å². The summed E-state index contributed by atoms with van der Waals surface area (Å²) in [6.07, 6.45) is 78.8. The number of unbranched alkanes of at least 4 members (excludes halogenated alkanes) is 42. The lowest BCUT2D eigenvalue weighted by Gasteiger charge is -2.20. The third kappa shape index (κ3) is 57.1. The predicted molar refractivity (Wildman–Crippen MR) is 315 cm³/mol. The number of carbonyl (C=O) groups excluding carboxylic acids is 2. The third-order valence-corrected chi connectivity index (χ3v) is 14.6. The summed E-state index contributed by atoms with van der Waals surface area (Å²) in [5.41, 5.74) is 0. The van der Waals surface area contributed by atoms with Gasteiger partial charge in [0.25, 0.3) is 0 Å². The van der Waals surface area contributed by atoms with Crippen molar-refractivity contribution in [2.45, 2.75) is 347 Å². The lowest BCUT2D eigenvalue weighted by Crippen LogP contribution is -2.45. The normalized spacial score (nSPS) is 12.9. The Balaban J connectivity index is 3.40. The zero-order chi connectivity index (χ0) is 52.2. The fourth-order valence-electron chi connectivity index (χ4n) is 9.66. The Hall–Kier alpha value is -2.18. The highest BCUT2D eigenvalue weighted by atomic mass is 16.5. The molecule has 0 rings (SSSR count). The smallest absolute Gasteiger partial charge is 0.305 e. The molecule has 0 saturated carbocycles. The van der Waals surface area contributed by atoms with Gasteiger partial charge >= 0.3 is 5.97 Å². The summed E-state index contributed by atoms with van der Waals surface area (Å²) < 4.78 is 5.49. The van der Waals surface area contributed by atoms with E-state index in [1.165, 1.54) is 257 Å². The molecule has 0 aliphatic carbocycles. The number of amides is 1. The molecule has 0 aromatic heterocycles. The topological polar surface area (TPSA) is 95.9 Å². The minimum atomic E-state index is -0.845. The monoisotopic (exact) mass is 1010 g/mol. The molecule has 2 unspecified atom stereocenters. The third-order valence-electron chi connectivity index (χ3n) is 14.6. The van der Waals surface area contributed by atoms with Gasteiger partial charge in [-0.2, -0.15) is 0 Å². The zero-order valence-corrected chi connectivity index (χ0v) is 48.2. The second-order valence-corrected chi connectivity index (χ2v) is 21.7. The Morgan fingerprint density at radius 1 is 0.389 bits per heavy atom. The van der Waals surface area contributed by atoms with Crippen molar-refractivity contribution in [3.8, 4) is 0 Å². The Labute approximate surface area is 448 Å². The van der Waals surface area contributed by atoms with Gasteiger partial charge in [-0.15, -0.1) is 0 Å². The molecule has 0 spiro atoms. The highest BCUT2D eigenvalue weighted by Gasteiger charge is 2.18. The number of rotatable bonds is 59. The van der Waals surface area contributed by atoms with Gasteiger partial charge in [0, 0.05) is 12.8 Å². The van der Waals surface area contributed by atoms with E-state index in [2.05, 4.69) is 55.6 Å². The number of hydrogen-bond acceptors (Lipinski definition) is 5. The largest absolute Gasteiger partial charge is 0.466 e. The number of allylic oxidation sites excluding steroid dienone is 7. The van der Waals surface area contributed by atoms with Crippen LogP contribution in [0.3, 0.4) is 0 Å². The van der Waals surface area contributed by atoms with Crippen molar-refractivity contribution in [1.82, 2.24) is 5.32 Å². The molecule has 2 atom stereocenters. The first-order valence-electron chi connectivity index (χ1n) is 31.9. The zero-order valence-electron chi connectivity index (χ0n) is 48.2. The SMILES string of the molecule is CCCCCCCCC/C=C\CCCCCCCCCC(=O)OCCCCCCCCCCC/C=C\C/C=C\CCCCCCCCCCCCCC(=O)NC(CO)C(O)/C=C/CCCCCCCCCC. The van der Waals surface area contributed by atoms with E-state index in [0.29, 0.717) is 19.4 Å². The van der Waals surface area contributed by atoms with Crippen LogP contribution in [-0.2, 0) is 14.3 Å². The molecule has 72 heavy (non-hydrogen) atoms. The minimum absolute atomic E-state index is 0.00704. The fraction of sp³-hybridized carbons (Fsp3) is 0.848. The van der Waals surface area contributed by atoms with Gasteiger partial charge < -0.3 is 20.3 Å². The van der Waals surface area contributed by atoms with E-state index in [-0.39, 0.29) is 18.5 Å². The van der Waals surface area contributed by atoms with E-state index < -0.39 is 12.1 Å². The molecule has 0 aliphatic rings. The molecule has 0 heterocycles. The first-order chi connectivity index (χ1) is 35.5. The number of nitrogens with one attached hydrogen (secondary N) is 1. The molecule has 1 amide bonds. The van der Waals surface area contributed by atoms with Crippen LogP contribution < -0.4 is 5.32 Å². The van der Waals surface area contributed by atoms with E-state index in [0.717, 1.165) is 51.4 Å². The summed E-state index contributed by atoms with van der Waals surface area (Å²) in [5.74, 6) is -0.0661. The van der Waals surface area contributed by atoms with Crippen molar-refractivity contribution in [2.75, 3.05) is 13.2 Å². The summed E-state index contributed by atoms with van der Waals surface area (Å²) >= 11 is 0. The van der Waals surface area contributed by atoms with Gasteiger partial charge in [0.2, 0.25) is 5.91 Å². The van der Waals surface area contributed by atoms with Crippen LogP contribution in [0, 0.1) is 0 Å². The first kappa shape index (κ1) is 69.8. The average Bonchev–Trinajstić information content (AvgIpc) is 3.38. The van der Waals surface area contributed by atoms with Crippen molar-refractivity contribution in [1.29, 1.82) is 0 Å². The van der Waals surface area contributed by atoms with Gasteiger partial charge in [0.1, 0.15) is 0 Å². The Kier molecular flexibility index (Phi) is 59.5. The van der Waals surface area contributed by atoms with Crippen molar-refractivity contribution in [2.24, 2.45) is 0 Å². The van der Waals surface area contributed by atoms with Gasteiger partial charge in [0.05, 0.1) is 25.4 Å². The van der Waals surface area contributed by atoms with Crippen LogP contribution in [0.4, 0.5) is 0 Å². The fourth-order valence-corrected chi connectivity index (χ4v) is 9.66. The molecule has 0 aliphatic heterocycles. The van der Waals surface area contributed by atoms with Crippen molar-refractivity contribution in [3.63, 3.8) is 0 Å².